The van der Waals surface area contributed by atoms with Crippen molar-refractivity contribution in [2.75, 3.05) is 10.6 Å². The van der Waals surface area contributed by atoms with Gasteiger partial charge in [0.05, 0.1) is 11.3 Å². The molecule has 0 aliphatic rings. The number of amides is 2. The van der Waals surface area contributed by atoms with Crippen molar-refractivity contribution in [3.63, 3.8) is 0 Å². The summed E-state index contributed by atoms with van der Waals surface area (Å²) in [5, 5.41) is 4.45. The minimum atomic E-state index is -4.72. The van der Waals surface area contributed by atoms with E-state index in [-0.39, 0.29) is 18.5 Å². The smallest absolute Gasteiger partial charge is 0.326 e. The fourth-order valence-electron chi connectivity index (χ4n) is 2.33. The summed E-state index contributed by atoms with van der Waals surface area (Å²) >= 11 is 0. The topological polar surface area (TPSA) is 58.2 Å². The van der Waals surface area contributed by atoms with Crippen LogP contribution in [0.4, 0.5) is 28.9 Å². The predicted molar refractivity (Wildman–Crippen MR) is 89.1 cm³/mol. The first kappa shape index (κ1) is 19.4. The Hall–Kier alpha value is -2.90. The van der Waals surface area contributed by atoms with Gasteiger partial charge in [-0.3, -0.25) is 9.59 Å². The first-order valence-electron chi connectivity index (χ1n) is 7.69. The van der Waals surface area contributed by atoms with Crippen LogP contribution < -0.4 is 10.6 Å². The van der Waals surface area contributed by atoms with E-state index in [9.17, 15) is 27.2 Å². The van der Waals surface area contributed by atoms with Gasteiger partial charge in [-0.2, -0.15) is 13.2 Å². The lowest BCUT2D eigenvalue weighted by Crippen LogP contribution is -2.18. The van der Waals surface area contributed by atoms with Gasteiger partial charge >= 0.3 is 6.18 Å². The summed E-state index contributed by atoms with van der Waals surface area (Å²) in [6, 6.07) is 8.93. The molecule has 0 atom stereocenters. The van der Waals surface area contributed by atoms with Crippen LogP contribution >= 0.6 is 0 Å². The highest BCUT2D eigenvalue weighted by Crippen LogP contribution is 2.36. The molecule has 0 aliphatic carbocycles. The Labute approximate surface area is 147 Å². The highest BCUT2D eigenvalue weighted by molar-refractivity contribution is 5.93. The number of benzene rings is 2. The molecule has 26 heavy (non-hydrogen) atoms. The van der Waals surface area contributed by atoms with Crippen molar-refractivity contribution in [3.05, 3.63) is 59.4 Å². The third kappa shape index (κ3) is 5.30. The summed E-state index contributed by atoms with van der Waals surface area (Å²) in [5.74, 6) is -1.67. The van der Waals surface area contributed by atoms with E-state index in [4.69, 9.17) is 0 Å². The Kier molecular flexibility index (Phi) is 5.97. The molecule has 2 N–H and O–H groups in total. The standard InChI is InChI=1S/C18H16F4N2O2/c1-11(25)23-13-7-8-16(14(10-13)18(20,21)22)24-17(26)9-6-12-4-2-3-5-15(12)19/h2-5,7-8,10H,6,9H2,1H3,(H,23,25)(H,24,26). The van der Waals surface area contributed by atoms with Crippen molar-refractivity contribution in [2.24, 2.45) is 0 Å². The average Bonchev–Trinajstić information content (AvgIpc) is 2.54. The highest BCUT2D eigenvalue weighted by Gasteiger charge is 2.34. The molecular weight excluding hydrogens is 352 g/mol. The largest absolute Gasteiger partial charge is 0.418 e. The molecule has 0 saturated carbocycles. The van der Waals surface area contributed by atoms with Gasteiger partial charge in [-0.15, -0.1) is 0 Å². The summed E-state index contributed by atoms with van der Waals surface area (Å²) in [7, 11) is 0. The zero-order valence-corrected chi connectivity index (χ0v) is 13.8. The van der Waals surface area contributed by atoms with Gasteiger partial charge in [-0.05, 0) is 36.2 Å². The molecule has 0 radical (unpaired) electrons. The molecule has 2 rings (SSSR count). The molecule has 0 bridgehead atoms. The Morgan fingerprint density at radius 3 is 2.35 bits per heavy atom. The van der Waals surface area contributed by atoms with Crippen molar-refractivity contribution in [2.45, 2.75) is 25.9 Å². The Morgan fingerprint density at radius 2 is 1.73 bits per heavy atom. The van der Waals surface area contributed by atoms with Crippen molar-refractivity contribution < 1.29 is 27.2 Å². The summed E-state index contributed by atoms with van der Waals surface area (Å²) in [6.07, 6.45) is -4.84. The molecule has 138 valence electrons. The van der Waals surface area contributed by atoms with E-state index in [1.165, 1.54) is 31.2 Å². The fourth-order valence-corrected chi connectivity index (χ4v) is 2.33. The van der Waals surface area contributed by atoms with Crippen LogP contribution in [0.1, 0.15) is 24.5 Å². The molecule has 0 fully saturated rings. The number of hydrogen-bond acceptors (Lipinski definition) is 2. The molecule has 2 amide bonds. The van der Waals surface area contributed by atoms with Gasteiger partial charge in [0.25, 0.3) is 0 Å². The molecule has 0 saturated heterocycles. The van der Waals surface area contributed by atoms with Crippen LogP contribution in [0.3, 0.4) is 0 Å². The maximum atomic E-state index is 13.5. The lowest BCUT2D eigenvalue weighted by atomic mass is 10.1. The van der Waals surface area contributed by atoms with Crippen LogP contribution in [0.2, 0.25) is 0 Å². The molecule has 2 aromatic carbocycles. The monoisotopic (exact) mass is 368 g/mol. The van der Waals surface area contributed by atoms with Gasteiger partial charge in [0.15, 0.2) is 0 Å². The van der Waals surface area contributed by atoms with Crippen LogP contribution in [-0.4, -0.2) is 11.8 Å². The number of rotatable bonds is 5. The Bertz CT molecular complexity index is 819. The average molecular weight is 368 g/mol. The van der Waals surface area contributed by atoms with Gasteiger partial charge < -0.3 is 10.6 Å². The summed E-state index contributed by atoms with van der Waals surface area (Å²) in [6.45, 7) is 1.17. The minimum absolute atomic E-state index is 0.0332. The van der Waals surface area contributed by atoms with Crippen molar-refractivity contribution in [1.82, 2.24) is 0 Å². The van der Waals surface area contributed by atoms with E-state index in [1.807, 2.05) is 0 Å². The van der Waals surface area contributed by atoms with Crippen LogP contribution in [0.25, 0.3) is 0 Å². The number of nitrogens with one attached hydrogen (secondary N) is 2. The van der Waals surface area contributed by atoms with E-state index in [1.54, 1.807) is 6.07 Å². The number of halogens is 4. The molecule has 8 heteroatoms. The van der Waals surface area contributed by atoms with Crippen LogP contribution in [0.15, 0.2) is 42.5 Å². The second kappa shape index (κ2) is 7.99. The summed E-state index contributed by atoms with van der Waals surface area (Å²) in [5.41, 5.74) is -1.23. The number of carbonyl (C=O) groups excluding carboxylic acids is 2. The normalized spacial score (nSPS) is 11.1. The molecule has 0 unspecified atom stereocenters. The molecule has 0 heterocycles. The van der Waals surface area contributed by atoms with Gasteiger partial charge in [0.1, 0.15) is 5.82 Å². The second-order valence-electron chi connectivity index (χ2n) is 5.58. The molecule has 0 aliphatic heterocycles. The quantitative estimate of drug-likeness (QED) is 0.770. The Balaban J connectivity index is 2.13. The zero-order valence-electron chi connectivity index (χ0n) is 13.8. The SMILES string of the molecule is CC(=O)Nc1ccc(NC(=O)CCc2ccccc2F)c(C(F)(F)F)c1. The number of carbonyl (C=O) groups is 2. The second-order valence-corrected chi connectivity index (χ2v) is 5.58. The van der Waals surface area contributed by atoms with E-state index in [2.05, 4.69) is 10.6 Å². The lowest BCUT2D eigenvalue weighted by Gasteiger charge is -2.15. The van der Waals surface area contributed by atoms with E-state index < -0.39 is 35.1 Å². The maximum Gasteiger partial charge on any atom is 0.418 e. The first-order chi connectivity index (χ1) is 12.2. The van der Waals surface area contributed by atoms with Gasteiger partial charge in [0.2, 0.25) is 11.8 Å². The number of alkyl halides is 3. The van der Waals surface area contributed by atoms with Crippen LogP contribution in [-0.2, 0) is 22.2 Å². The molecule has 0 aromatic heterocycles. The van der Waals surface area contributed by atoms with Gasteiger partial charge in [-0.25, -0.2) is 4.39 Å². The number of anilines is 2. The van der Waals surface area contributed by atoms with Crippen molar-refractivity contribution in [3.8, 4) is 0 Å². The lowest BCUT2D eigenvalue weighted by molar-refractivity contribution is -0.137. The van der Waals surface area contributed by atoms with Crippen LogP contribution in [0.5, 0.6) is 0 Å². The van der Waals surface area contributed by atoms with E-state index >= 15 is 0 Å². The minimum Gasteiger partial charge on any atom is -0.326 e. The number of aryl methyl sites for hydroxylation is 1. The van der Waals surface area contributed by atoms with Crippen molar-refractivity contribution >= 4 is 23.2 Å². The zero-order chi connectivity index (χ0) is 19.3. The number of hydrogen-bond donors (Lipinski definition) is 2. The summed E-state index contributed by atoms with van der Waals surface area (Å²) < 4.78 is 53.1. The fraction of sp³-hybridized carbons (Fsp3) is 0.222. The highest BCUT2D eigenvalue weighted by atomic mass is 19.4. The summed E-state index contributed by atoms with van der Waals surface area (Å²) in [4.78, 5) is 23.0. The molecule has 4 nitrogen and oxygen atoms in total. The third-order valence-electron chi connectivity index (χ3n) is 3.50. The first-order valence-corrected chi connectivity index (χ1v) is 7.69. The maximum absolute atomic E-state index is 13.5. The van der Waals surface area contributed by atoms with Crippen LogP contribution in [0, 0.1) is 5.82 Å². The van der Waals surface area contributed by atoms with Gasteiger partial charge in [0, 0.05) is 19.0 Å². The van der Waals surface area contributed by atoms with Gasteiger partial charge in [-0.1, -0.05) is 18.2 Å². The third-order valence-corrected chi connectivity index (χ3v) is 3.50. The molecule has 2 aromatic rings. The van der Waals surface area contributed by atoms with E-state index in [0.29, 0.717) is 5.56 Å². The van der Waals surface area contributed by atoms with E-state index in [0.717, 1.165) is 12.1 Å². The van der Waals surface area contributed by atoms with Crippen molar-refractivity contribution in [1.29, 1.82) is 0 Å². The Morgan fingerprint density at radius 1 is 1.04 bits per heavy atom. The predicted octanol–water partition coefficient (Wildman–Crippen LogP) is 4.37. The molecule has 0 spiro atoms. The molecular formula is C18H16F4N2O2.